The second-order valence-electron chi connectivity index (χ2n) is 7.45. The number of aryl methyl sites for hydroxylation is 2. The van der Waals surface area contributed by atoms with Crippen molar-refractivity contribution < 1.29 is 9.52 Å². The molecule has 1 aromatic carbocycles. The quantitative estimate of drug-likeness (QED) is 0.868. The molecule has 1 saturated heterocycles. The van der Waals surface area contributed by atoms with Gasteiger partial charge in [-0.25, -0.2) is 4.79 Å². The highest BCUT2D eigenvalue weighted by molar-refractivity contribution is 5.81. The van der Waals surface area contributed by atoms with Crippen molar-refractivity contribution in [3.63, 3.8) is 0 Å². The molecule has 1 aliphatic heterocycles. The van der Waals surface area contributed by atoms with Gasteiger partial charge in [-0.3, -0.25) is 4.90 Å². The number of benzene rings is 1. The van der Waals surface area contributed by atoms with E-state index in [0.29, 0.717) is 25.2 Å². The largest absolute Gasteiger partial charge is 0.423 e. The van der Waals surface area contributed by atoms with Crippen LogP contribution in [0.15, 0.2) is 27.4 Å². The molecule has 1 aromatic heterocycles. The Morgan fingerprint density at radius 1 is 1.25 bits per heavy atom. The van der Waals surface area contributed by atoms with E-state index in [1.807, 2.05) is 32.0 Å². The lowest BCUT2D eigenvalue weighted by atomic mass is 10.0. The number of aliphatic hydroxyl groups is 1. The van der Waals surface area contributed by atoms with Crippen molar-refractivity contribution in [2.45, 2.75) is 32.4 Å². The Bertz CT molecular complexity index is 812. The molecule has 2 heterocycles. The maximum absolute atomic E-state index is 11.9. The summed E-state index contributed by atoms with van der Waals surface area (Å²) >= 11 is 0. The second kappa shape index (κ2) is 6.31. The van der Waals surface area contributed by atoms with Crippen LogP contribution in [-0.2, 0) is 6.54 Å². The van der Waals surface area contributed by atoms with Crippen LogP contribution in [0.3, 0.4) is 0 Å². The van der Waals surface area contributed by atoms with E-state index >= 15 is 0 Å². The molecule has 3 rings (SSSR count). The Kier molecular flexibility index (Phi) is 4.51. The summed E-state index contributed by atoms with van der Waals surface area (Å²) in [4.78, 5) is 16.1. The van der Waals surface area contributed by atoms with Crippen LogP contribution in [0.25, 0.3) is 11.0 Å². The van der Waals surface area contributed by atoms with E-state index in [9.17, 15) is 9.90 Å². The zero-order chi connectivity index (χ0) is 17.5. The predicted octanol–water partition coefficient (Wildman–Crippen LogP) is 1.91. The van der Waals surface area contributed by atoms with Gasteiger partial charge in [-0.05, 0) is 63.2 Å². The lowest BCUT2D eigenvalue weighted by molar-refractivity contribution is 0.0240. The fourth-order valence-electron chi connectivity index (χ4n) is 3.65. The summed E-state index contributed by atoms with van der Waals surface area (Å²) in [5, 5.41) is 11.7. The van der Waals surface area contributed by atoms with E-state index in [1.165, 1.54) is 5.56 Å². The Morgan fingerprint density at radius 3 is 2.67 bits per heavy atom. The highest BCUT2D eigenvalue weighted by atomic mass is 16.4. The van der Waals surface area contributed by atoms with Gasteiger partial charge in [0.05, 0.1) is 5.60 Å². The topological polar surface area (TPSA) is 56.9 Å². The number of hydrogen-bond donors (Lipinski definition) is 1. The van der Waals surface area contributed by atoms with E-state index in [4.69, 9.17) is 4.42 Å². The number of β-amino-alcohol motifs (C(OH)–C–C–N with tert-alkyl or cyclic N) is 1. The minimum absolute atomic E-state index is 0.316. The number of fused-ring (bicyclic) bond motifs is 1. The minimum Gasteiger partial charge on any atom is -0.423 e. The van der Waals surface area contributed by atoms with E-state index in [-0.39, 0.29) is 5.63 Å². The molecular weight excluding hydrogens is 304 g/mol. The first-order valence-electron chi connectivity index (χ1n) is 8.39. The van der Waals surface area contributed by atoms with Crippen molar-refractivity contribution in [1.29, 1.82) is 0 Å². The van der Waals surface area contributed by atoms with Crippen LogP contribution in [0.5, 0.6) is 0 Å². The highest BCUT2D eigenvalue weighted by Crippen LogP contribution is 2.27. The van der Waals surface area contributed by atoms with Gasteiger partial charge < -0.3 is 14.4 Å². The zero-order valence-corrected chi connectivity index (χ0v) is 14.9. The first-order chi connectivity index (χ1) is 11.3. The Balaban J connectivity index is 1.88. The molecule has 0 spiro atoms. The summed E-state index contributed by atoms with van der Waals surface area (Å²) in [6.07, 6.45) is 0.753. The second-order valence-corrected chi connectivity index (χ2v) is 7.45. The van der Waals surface area contributed by atoms with Gasteiger partial charge in [0.15, 0.2) is 0 Å². The van der Waals surface area contributed by atoms with Gasteiger partial charge >= 0.3 is 5.63 Å². The smallest absolute Gasteiger partial charge is 0.336 e. The monoisotopic (exact) mass is 330 g/mol. The summed E-state index contributed by atoms with van der Waals surface area (Å²) in [6, 6.07) is 5.60. The zero-order valence-electron chi connectivity index (χ0n) is 14.9. The summed E-state index contributed by atoms with van der Waals surface area (Å²) in [5.41, 5.74) is 2.92. The number of likely N-dealkylation sites (tertiary alicyclic amines) is 1. The molecule has 1 fully saturated rings. The van der Waals surface area contributed by atoms with Crippen molar-refractivity contribution in [2.24, 2.45) is 0 Å². The molecule has 0 saturated carbocycles. The average Bonchev–Trinajstić information content (AvgIpc) is 2.81. The molecule has 0 amide bonds. The van der Waals surface area contributed by atoms with Crippen LogP contribution in [0.2, 0.25) is 0 Å². The molecule has 2 aromatic rings. The molecule has 5 heteroatoms. The lowest BCUT2D eigenvalue weighted by Crippen LogP contribution is -2.42. The van der Waals surface area contributed by atoms with Crippen molar-refractivity contribution in [3.8, 4) is 0 Å². The summed E-state index contributed by atoms with van der Waals surface area (Å²) in [7, 11) is 3.95. The molecule has 1 N–H and O–H groups in total. The first kappa shape index (κ1) is 17.1. The molecule has 1 aliphatic rings. The number of rotatable bonds is 4. The predicted molar refractivity (Wildman–Crippen MR) is 95.4 cm³/mol. The summed E-state index contributed by atoms with van der Waals surface area (Å²) in [6.45, 7) is 6.84. The Labute approximate surface area is 142 Å². The molecule has 0 radical (unpaired) electrons. The van der Waals surface area contributed by atoms with Crippen molar-refractivity contribution in [1.82, 2.24) is 9.80 Å². The van der Waals surface area contributed by atoms with E-state index in [2.05, 4.69) is 17.9 Å². The Morgan fingerprint density at radius 2 is 1.96 bits per heavy atom. The molecule has 130 valence electrons. The van der Waals surface area contributed by atoms with Crippen LogP contribution < -0.4 is 5.63 Å². The number of likely N-dealkylation sites (N-methyl/N-ethyl adjacent to an activating group) is 1. The third-order valence-corrected chi connectivity index (χ3v) is 4.86. The normalized spacial score (nSPS) is 21.9. The maximum atomic E-state index is 11.9. The molecular formula is C19H26N2O3. The van der Waals surface area contributed by atoms with Crippen molar-refractivity contribution >= 4 is 11.0 Å². The van der Waals surface area contributed by atoms with Gasteiger partial charge in [0.2, 0.25) is 0 Å². The molecule has 24 heavy (non-hydrogen) atoms. The van der Waals surface area contributed by atoms with E-state index < -0.39 is 5.60 Å². The highest BCUT2D eigenvalue weighted by Gasteiger charge is 2.36. The van der Waals surface area contributed by atoms with Crippen molar-refractivity contribution in [3.05, 3.63) is 45.3 Å². The van der Waals surface area contributed by atoms with Gasteiger partial charge in [0, 0.05) is 37.6 Å². The standard InChI is InChI=1S/C19H26N2O3/c1-13-7-16-15(9-18(22)24-17(16)8-14(13)2)10-21-6-5-19(23,12-21)11-20(3)4/h7-9,23H,5-6,10-12H2,1-4H3. The lowest BCUT2D eigenvalue weighted by Gasteiger charge is -2.27. The van der Waals surface area contributed by atoms with E-state index in [1.54, 1.807) is 6.07 Å². The van der Waals surface area contributed by atoms with Gasteiger partial charge in [0.25, 0.3) is 0 Å². The fraction of sp³-hybridized carbons (Fsp3) is 0.526. The molecule has 1 atom stereocenters. The van der Waals surface area contributed by atoms with Crippen LogP contribution in [-0.4, -0.2) is 54.2 Å². The number of hydrogen-bond acceptors (Lipinski definition) is 5. The van der Waals surface area contributed by atoms with E-state index in [0.717, 1.165) is 29.5 Å². The minimum atomic E-state index is -0.675. The van der Waals surface area contributed by atoms with Crippen LogP contribution in [0.4, 0.5) is 0 Å². The van der Waals surface area contributed by atoms with Crippen LogP contribution >= 0.6 is 0 Å². The van der Waals surface area contributed by atoms with Crippen LogP contribution in [0.1, 0.15) is 23.1 Å². The summed E-state index contributed by atoms with van der Waals surface area (Å²) < 4.78 is 5.37. The SMILES string of the molecule is Cc1cc2oc(=O)cc(CN3CCC(O)(CN(C)C)C3)c2cc1C. The fourth-order valence-corrected chi connectivity index (χ4v) is 3.65. The molecule has 0 aliphatic carbocycles. The average molecular weight is 330 g/mol. The van der Waals surface area contributed by atoms with Crippen LogP contribution in [0, 0.1) is 13.8 Å². The van der Waals surface area contributed by atoms with Gasteiger partial charge in [-0.15, -0.1) is 0 Å². The molecule has 5 nitrogen and oxygen atoms in total. The van der Waals surface area contributed by atoms with Crippen molar-refractivity contribution in [2.75, 3.05) is 33.7 Å². The number of nitrogens with zero attached hydrogens (tertiary/aromatic N) is 2. The summed E-state index contributed by atoms with van der Waals surface area (Å²) in [5.74, 6) is 0. The first-order valence-corrected chi connectivity index (χ1v) is 8.39. The maximum Gasteiger partial charge on any atom is 0.336 e. The Hall–Kier alpha value is -1.69. The van der Waals surface area contributed by atoms with Gasteiger partial charge in [-0.1, -0.05) is 0 Å². The third-order valence-electron chi connectivity index (χ3n) is 4.86. The third kappa shape index (κ3) is 3.53. The molecule has 0 bridgehead atoms. The van der Waals surface area contributed by atoms with Gasteiger partial charge in [0.1, 0.15) is 5.58 Å². The van der Waals surface area contributed by atoms with Gasteiger partial charge in [-0.2, -0.15) is 0 Å². The molecule has 1 unspecified atom stereocenters.